The van der Waals surface area contributed by atoms with E-state index in [-0.39, 0.29) is 30.5 Å². The van der Waals surface area contributed by atoms with Crippen LogP contribution in [0.25, 0.3) is 0 Å². The van der Waals surface area contributed by atoms with Crippen molar-refractivity contribution >= 4 is 23.6 Å². The minimum absolute atomic E-state index is 0.0760. The number of carbonyl (C=O) groups is 4. The van der Waals surface area contributed by atoms with Crippen LogP contribution >= 0.6 is 0 Å². The Morgan fingerprint density at radius 3 is 1.86 bits per heavy atom. The van der Waals surface area contributed by atoms with Gasteiger partial charge in [0, 0.05) is 12.3 Å². The molecule has 44 heavy (non-hydrogen) atoms. The van der Waals surface area contributed by atoms with Gasteiger partial charge in [-0.15, -0.1) is 0 Å². The van der Waals surface area contributed by atoms with Crippen LogP contribution in [0.15, 0.2) is 91.0 Å². The number of amides is 2. The van der Waals surface area contributed by atoms with Gasteiger partial charge in [-0.1, -0.05) is 111 Å². The van der Waals surface area contributed by atoms with E-state index in [1.54, 1.807) is 6.92 Å². The number of ketones is 2. The van der Waals surface area contributed by atoms with Crippen LogP contribution in [0, 0.1) is 11.8 Å². The van der Waals surface area contributed by atoms with Crippen LogP contribution in [-0.4, -0.2) is 47.9 Å². The molecule has 8 heteroatoms. The summed E-state index contributed by atoms with van der Waals surface area (Å²) in [7, 11) is 0. The van der Waals surface area contributed by atoms with Crippen LogP contribution in [0.4, 0.5) is 4.79 Å². The molecule has 2 N–H and O–H groups in total. The zero-order chi connectivity index (χ0) is 31.5. The van der Waals surface area contributed by atoms with Crippen LogP contribution in [0.3, 0.4) is 0 Å². The first-order chi connectivity index (χ1) is 21.2. The quantitative estimate of drug-likeness (QED) is 0.218. The SMILES string of the molecule is CC[C@H](C)[C@@H](NC(=O)OCc1ccccc1)C(=O)C[C@@H](Cc1ccccc1)C(=O)N[C@@H](Cc1ccccc1)C(=O)C1(C)CO1. The highest BCUT2D eigenvalue weighted by Crippen LogP contribution is 2.29. The first-order valence-corrected chi connectivity index (χ1v) is 15.2. The Bertz CT molecular complexity index is 1390. The lowest BCUT2D eigenvalue weighted by Crippen LogP contribution is -2.51. The van der Waals surface area contributed by atoms with Gasteiger partial charge in [-0.2, -0.15) is 0 Å². The lowest BCUT2D eigenvalue weighted by atomic mass is 9.86. The summed E-state index contributed by atoms with van der Waals surface area (Å²) in [6.07, 6.45) is 0.430. The molecule has 0 bridgehead atoms. The Morgan fingerprint density at radius 2 is 1.34 bits per heavy atom. The van der Waals surface area contributed by atoms with Gasteiger partial charge in [0.25, 0.3) is 0 Å². The molecular weight excluding hydrogens is 556 g/mol. The number of Topliss-reactive ketones (excluding diaryl/α,β-unsaturated/α-hetero) is 2. The van der Waals surface area contributed by atoms with Gasteiger partial charge in [0.15, 0.2) is 11.6 Å². The molecule has 232 valence electrons. The van der Waals surface area contributed by atoms with E-state index in [4.69, 9.17) is 9.47 Å². The molecule has 0 aromatic heterocycles. The number of hydrogen-bond donors (Lipinski definition) is 2. The highest BCUT2D eigenvalue weighted by atomic mass is 16.6. The predicted molar refractivity (Wildman–Crippen MR) is 168 cm³/mol. The number of hydrogen-bond acceptors (Lipinski definition) is 6. The monoisotopic (exact) mass is 598 g/mol. The van der Waals surface area contributed by atoms with E-state index in [1.807, 2.05) is 105 Å². The van der Waals surface area contributed by atoms with E-state index in [1.165, 1.54) is 0 Å². The smallest absolute Gasteiger partial charge is 0.408 e. The molecule has 3 aromatic rings. The van der Waals surface area contributed by atoms with Gasteiger partial charge >= 0.3 is 6.09 Å². The second kappa shape index (κ2) is 15.4. The fraction of sp³-hybridized carbons (Fsp3) is 0.389. The minimum atomic E-state index is -0.927. The lowest BCUT2D eigenvalue weighted by Gasteiger charge is -2.26. The predicted octanol–water partition coefficient (Wildman–Crippen LogP) is 5.23. The number of benzene rings is 3. The van der Waals surface area contributed by atoms with Crippen LogP contribution in [0.1, 0.15) is 50.3 Å². The molecule has 1 unspecified atom stereocenters. The third kappa shape index (κ3) is 9.35. The van der Waals surface area contributed by atoms with Crippen LogP contribution < -0.4 is 10.6 Å². The topological polar surface area (TPSA) is 114 Å². The summed E-state index contributed by atoms with van der Waals surface area (Å²) in [5, 5.41) is 5.72. The second-order valence-corrected chi connectivity index (χ2v) is 11.8. The van der Waals surface area contributed by atoms with Gasteiger partial charge < -0.3 is 20.1 Å². The number of nitrogens with one attached hydrogen (secondary N) is 2. The molecule has 1 aliphatic heterocycles. The van der Waals surface area contributed by atoms with Crippen molar-refractivity contribution in [2.45, 2.75) is 70.7 Å². The van der Waals surface area contributed by atoms with Crippen molar-refractivity contribution in [3.05, 3.63) is 108 Å². The van der Waals surface area contributed by atoms with E-state index in [9.17, 15) is 19.2 Å². The summed E-state index contributed by atoms with van der Waals surface area (Å²) in [5.41, 5.74) is 1.70. The Hall–Kier alpha value is -4.30. The van der Waals surface area contributed by atoms with E-state index < -0.39 is 35.6 Å². The second-order valence-electron chi connectivity index (χ2n) is 11.8. The van der Waals surface area contributed by atoms with Gasteiger partial charge in [0.1, 0.15) is 12.2 Å². The van der Waals surface area contributed by atoms with Crippen molar-refractivity contribution in [3.8, 4) is 0 Å². The van der Waals surface area contributed by atoms with E-state index in [2.05, 4.69) is 10.6 Å². The number of ether oxygens (including phenoxy) is 2. The van der Waals surface area contributed by atoms with Crippen molar-refractivity contribution in [1.29, 1.82) is 0 Å². The van der Waals surface area contributed by atoms with E-state index in [0.29, 0.717) is 25.9 Å². The van der Waals surface area contributed by atoms with Crippen LogP contribution in [-0.2, 0) is 43.3 Å². The Kier molecular flexibility index (Phi) is 11.4. The number of rotatable bonds is 16. The molecule has 2 amide bonds. The molecule has 1 aliphatic rings. The molecule has 0 aliphatic carbocycles. The number of alkyl carbamates (subject to hydrolysis) is 1. The highest BCUT2D eigenvalue weighted by Gasteiger charge is 2.50. The third-order valence-electron chi connectivity index (χ3n) is 8.20. The van der Waals surface area contributed by atoms with Crippen molar-refractivity contribution in [1.82, 2.24) is 10.6 Å². The van der Waals surface area contributed by atoms with Crippen LogP contribution in [0.5, 0.6) is 0 Å². The van der Waals surface area contributed by atoms with Gasteiger partial charge in [0.2, 0.25) is 5.91 Å². The summed E-state index contributed by atoms with van der Waals surface area (Å²) in [6, 6.07) is 26.6. The minimum Gasteiger partial charge on any atom is -0.445 e. The maximum atomic E-state index is 13.9. The maximum Gasteiger partial charge on any atom is 0.408 e. The number of epoxide rings is 1. The standard InChI is InChI=1S/C36H42N2O6/c1-4-25(2)32(38-35(42)43-23-28-18-12-7-13-19-28)31(39)22-29(20-26-14-8-5-9-15-26)34(41)37-30(33(40)36(3)24-44-36)21-27-16-10-6-11-17-27/h5-19,25,29-30,32H,4,20-24H2,1-3H3,(H,37,41)(H,38,42)/t25-,29+,30-,32+,36?/m0/s1. The molecule has 1 saturated heterocycles. The largest absolute Gasteiger partial charge is 0.445 e. The molecule has 0 spiro atoms. The number of carbonyl (C=O) groups excluding carboxylic acids is 4. The summed E-state index contributed by atoms with van der Waals surface area (Å²) in [4.78, 5) is 53.9. The molecule has 3 aromatic carbocycles. The summed E-state index contributed by atoms with van der Waals surface area (Å²) >= 11 is 0. The van der Waals surface area contributed by atoms with Gasteiger partial charge in [-0.3, -0.25) is 14.4 Å². The summed E-state index contributed by atoms with van der Waals surface area (Å²) in [5.74, 6) is -1.81. The fourth-order valence-electron chi connectivity index (χ4n) is 5.16. The molecular formula is C36H42N2O6. The van der Waals surface area contributed by atoms with Gasteiger partial charge in [0.05, 0.1) is 18.7 Å². The first-order valence-electron chi connectivity index (χ1n) is 15.2. The van der Waals surface area contributed by atoms with Crippen molar-refractivity contribution < 1.29 is 28.7 Å². The molecule has 4 rings (SSSR count). The van der Waals surface area contributed by atoms with Crippen LogP contribution in [0.2, 0.25) is 0 Å². The summed E-state index contributed by atoms with van der Waals surface area (Å²) in [6.45, 7) is 5.94. The van der Waals surface area contributed by atoms with Gasteiger partial charge in [-0.05, 0) is 42.4 Å². The highest BCUT2D eigenvalue weighted by molar-refractivity contribution is 5.98. The zero-order valence-corrected chi connectivity index (χ0v) is 25.7. The Balaban J connectivity index is 1.50. The molecule has 5 atom stereocenters. The molecule has 0 saturated carbocycles. The fourth-order valence-corrected chi connectivity index (χ4v) is 5.16. The van der Waals surface area contributed by atoms with Crippen molar-refractivity contribution in [3.63, 3.8) is 0 Å². The Morgan fingerprint density at radius 1 is 0.818 bits per heavy atom. The molecule has 1 heterocycles. The molecule has 0 radical (unpaired) electrons. The average molecular weight is 599 g/mol. The summed E-state index contributed by atoms with van der Waals surface area (Å²) < 4.78 is 10.8. The van der Waals surface area contributed by atoms with Crippen molar-refractivity contribution in [2.24, 2.45) is 11.8 Å². The lowest BCUT2D eigenvalue weighted by molar-refractivity contribution is -0.134. The third-order valence-corrected chi connectivity index (χ3v) is 8.20. The van der Waals surface area contributed by atoms with E-state index in [0.717, 1.165) is 16.7 Å². The molecule has 1 fully saturated rings. The normalized spacial score (nSPS) is 18.2. The first kappa shape index (κ1) is 32.6. The molecule has 8 nitrogen and oxygen atoms in total. The average Bonchev–Trinajstić information content (AvgIpc) is 3.80. The maximum absolute atomic E-state index is 13.9. The Labute approximate surface area is 259 Å². The van der Waals surface area contributed by atoms with E-state index >= 15 is 0 Å². The van der Waals surface area contributed by atoms with Crippen molar-refractivity contribution in [2.75, 3.05) is 6.61 Å². The van der Waals surface area contributed by atoms with Gasteiger partial charge in [-0.25, -0.2) is 4.79 Å². The zero-order valence-electron chi connectivity index (χ0n) is 25.7.